The Balaban J connectivity index is 1.22. The minimum absolute atomic E-state index is 0.0762. The van der Waals surface area contributed by atoms with E-state index >= 15 is 0 Å². The van der Waals surface area contributed by atoms with Crippen molar-refractivity contribution in [3.63, 3.8) is 0 Å². The van der Waals surface area contributed by atoms with Crippen LogP contribution in [-0.4, -0.2) is 63.1 Å². The molecule has 1 amide bonds. The molecule has 2 aliphatic rings. The van der Waals surface area contributed by atoms with Gasteiger partial charge in [-0.05, 0) is 44.4 Å². The van der Waals surface area contributed by atoms with Gasteiger partial charge >= 0.3 is 0 Å². The van der Waals surface area contributed by atoms with E-state index in [0.717, 1.165) is 76.3 Å². The molecule has 0 saturated carbocycles. The molecular formula is C22H32N6O2. The maximum absolute atomic E-state index is 12.7. The quantitative estimate of drug-likeness (QED) is 0.744. The second kappa shape index (κ2) is 10.1. The predicted molar refractivity (Wildman–Crippen MR) is 112 cm³/mol. The molecule has 0 radical (unpaired) electrons. The number of aryl methyl sites for hydroxylation is 1. The topological polar surface area (TPSA) is 87.4 Å². The molecule has 1 N–H and O–H groups in total. The average Bonchev–Trinajstić information content (AvgIpc) is 3.26. The lowest BCUT2D eigenvalue weighted by atomic mass is 9.93. The van der Waals surface area contributed by atoms with Crippen LogP contribution < -0.4 is 5.32 Å². The van der Waals surface area contributed by atoms with Gasteiger partial charge in [-0.1, -0.05) is 18.1 Å². The third-order valence-corrected chi connectivity index (χ3v) is 6.24. The van der Waals surface area contributed by atoms with Gasteiger partial charge in [0.15, 0.2) is 5.82 Å². The highest BCUT2D eigenvalue weighted by molar-refractivity contribution is 5.78. The SMILES string of the molecule is CCc1nc(CN2CCC(N3CCCC(C(=O)NCc4ccccn4)C3)CC2)no1. The fourth-order valence-electron chi connectivity index (χ4n) is 4.52. The van der Waals surface area contributed by atoms with Crippen LogP contribution in [0.3, 0.4) is 0 Å². The minimum atomic E-state index is 0.0762. The Hall–Kier alpha value is -2.32. The van der Waals surface area contributed by atoms with Gasteiger partial charge in [0.2, 0.25) is 11.8 Å². The molecule has 8 nitrogen and oxygen atoms in total. The zero-order valence-corrected chi connectivity index (χ0v) is 17.8. The van der Waals surface area contributed by atoms with Gasteiger partial charge in [0.25, 0.3) is 0 Å². The van der Waals surface area contributed by atoms with E-state index in [0.29, 0.717) is 18.5 Å². The lowest BCUT2D eigenvalue weighted by molar-refractivity contribution is -0.127. The lowest BCUT2D eigenvalue weighted by Crippen LogP contribution is -2.50. The molecule has 0 spiro atoms. The van der Waals surface area contributed by atoms with Gasteiger partial charge in [0, 0.05) is 38.3 Å². The van der Waals surface area contributed by atoms with E-state index in [1.165, 1.54) is 0 Å². The van der Waals surface area contributed by atoms with Crippen LogP contribution in [-0.2, 0) is 24.3 Å². The predicted octanol–water partition coefficient (Wildman–Crippen LogP) is 2.02. The maximum atomic E-state index is 12.7. The third kappa shape index (κ3) is 5.43. The Kier molecular flexibility index (Phi) is 7.07. The highest BCUT2D eigenvalue weighted by atomic mass is 16.5. The highest BCUT2D eigenvalue weighted by Crippen LogP contribution is 2.24. The van der Waals surface area contributed by atoms with Gasteiger partial charge in [-0.2, -0.15) is 4.98 Å². The van der Waals surface area contributed by atoms with Crippen LogP contribution in [0.25, 0.3) is 0 Å². The summed E-state index contributed by atoms with van der Waals surface area (Å²) >= 11 is 0. The first-order chi connectivity index (χ1) is 14.7. The standard InChI is InChI=1S/C22H32N6O2/c1-2-21-25-20(26-30-21)16-27-12-8-19(9-13-27)28-11-5-6-17(15-28)22(29)24-14-18-7-3-4-10-23-18/h3-4,7,10,17,19H,2,5-6,8-9,11-16H2,1H3,(H,24,29). The highest BCUT2D eigenvalue weighted by Gasteiger charge is 2.31. The molecule has 2 aromatic rings. The molecule has 2 aromatic heterocycles. The minimum Gasteiger partial charge on any atom is -0.350 e. The zero-order valence-electron chi connectivity index (χ0n) is 17.8. The van der Waals surface area contributed by atoms with Crippen LogP contribution in [0.15, 0.2) is 28.9 Å². The van der Waals surface area contributed by atoms with E-state index in [9.17, 15) is 4.79 Å². The van der Waals surface area contributed by atoms with Crippen LogP contribution in [0.2, 0.25) is 0 Å². The van der Waals surface area contributed by atoms with E-state index in [1.807, 2.05) is 25.1 Å². The number of carbonyl (C=O) groups excluding carboxylic acids is 1. The van der Waals surface area contributed by atoms with Gasteiger partial charge in [0.1, 0.15) is 0 Å². The molecule has 2 fully saturated rings. The Bertz CT molecular complexity index is 803. The normalized spacial score (nSPS) is 21.6. The molecule has 0 aromatic carbocycles. The summed E-state index contributed by atoms with van der Waals surface area (Å²) in [6.45, 7) is 7.32. The zero-order chi connectivity index (χ0) is 20.8. The number of piperidine rings is 2. The molecule has 1 unspecified atom stereocenters. The first-order valence-corrected chi connectivity index (χ1v) is 11.2. The number of nitrogens with zero attached hydrogens (tertiary/aromatic N) is 5. The Morgan fingerprint density at radius 2 is 2.10 bits per heavy atom. The van der Waals surface area contributed by atoms with Crippen LogP contribution in [0.5, 0.6) is 0 Å². The van der Waals surface area contributed by atoms with E-state index in [1.54, 1.807) is 6.20 Å². The number of amides is 1. The second-order valence-electron chi connectivity index (χ2n) is 8.34. The van der Waals surface area contributed by atoms with E-state index < -0.39 is 0 Å². The van der Waals surface area contributed by atoms with E-state index in [-0.39, 0.29) is 11.8 Å². The number of rotatable bonds is 7. The van der Waals surface area contributed by atoms with Crippen molar-refractivity contribution in [2.75, 3.05) is 26.2 Å². The van der Waals surface area contributed by atoms with Crippen molar-refractivity contribution in [1.82, 2.24) is 30.2 Å². The summed E-state index contributed by atoms with van der Waals surface area (Å²) in [6.07, 6.45) is 6.85. The number of aromatic nitrogens is 3. The van der Waals surface area contributed by atoms with Crippen molar-refractivity contribution in [3.05, 3.63) is 41.8 Å². The number of carbonyl (C=O) groups is 1. The summed E-state index contributed by atoms with van der Waals surface area (Å²) < 4.78 is 5.22. The van der Waals surface area contributed by atoms with Gasteiger partial charge in [-0.15, -0.1) is 0 Å². The molecule has 8 heteroatoms. The maximum Gasteiger partial charge on any atom is 0.226 e. The average molecular weight is 413 g/mol. The number of hydrogen-bond donors (Lipinski definition) is 1. The van der Waals surface area contributed by atoms with Gasteiger partial charge in [-0.25, -0.2) is 0 Å². The van der Waals surface area contributed by atoms with Crippen LogP contribution in [0.1, 0.15) is 50.0 Å². The van der Waals surface area contributed by atoms with Gasteiger partial charge in [0.05, 0.1) is 24.7 Å². The molecule has 30 heavy (non-hydrogen) atoms. The number of hydrogen-bond acceptors (Lipinski definition) is 7. The fourth-order valence-corrected chi connectivity index (χ4v) is 4.52. The van der Waals surface area contributed by atoms with Crippen molar-refractivity contribution in [2.45, 2.75) is 58.2 Å². The van der Waals surface area contributed by atoms with E-state index in [4.69, 9.17) is 4.52 Å². The summed E-state index contributed by atoms with van der Waals surface area (Å²) in [5, 5.41) is 7.15. The second-order valence-corrected chi connectivity index (χ2v) is 8.34. The summed E-state index contributed by atoms with van der Waals surface area (Å²) in [7, 11) is 0. The molecule has 2 saturated heterocycles. The first-order valence-electron chi connectivity index (χ1n) is 11.2. The van der Waals surface area contributed by atoms with Crippen LogP contribution in [0, 0.1) is 5.92 Å². The van der Waals surface area contributed by atoms with Gasteiger partial charge in [-0.3, -0.25) is 19.6 Å². The first kappa shape index (κ1) is 20.9. The molecule has 162 valence electrons. The summed E-state index contributed by atoms with van der Waals surface area (Å²) in [5.74, 6) is 1.73. The molecule has 2 aliphatic heterocycles. The fraction of sp³-hybridized carbons (Fsp3) is 0.636. The molecule has 4 rings (SSSR count). The van der Waals surface area contributed by atoms with Crippen molar-refractivity contribution in [1.29, 1.82) is 0 Å². The van der Waals surface area contributed by atoms with Gasteiger partial charge < -0.3 is 9.84 Å². The Morgan fingerprint density at radius 1 is 1.23 bits per heavy atom. The van der Waals surface area contributed by atoms with Crippen molar-refractivity contribution >= 4 is 5.91 Å². The number of pyridine rings is 1. The van der Waals surface area contributed by atoms with Crippen molar-refractivity contribution in [2.24, 2.45) is 5.92 Å². The van der Waals surface area contributed by atoms with Crippen LogP contribution in [0.4, 0.5) is 0 Å². The molecule has 4 heterocycles. The van der Waals surface area contributed by atoms with Crippen molar-refractivity contribution in [3.8, 4) is 0 Å². The monoisotopic (exact) mass is 412 g/mol. The van der Waals surface area contributed by atoms with Crippen LogP contribution >= 0.6 is 0 Å². The smallest absolute Gasteiger partial charge is 0.226 e. The largest absolute Gasteiger partial charge is 0.350 e. The molecule has 1 atom stereocenters. The Labute approximate surface area is 178 Å². The molecule has 0 bridgehead atoms. The summed E-state index contributed by atoms with van der Waals surface area (Å²) in [4.78, 5) is 26.3. The summed E-state index contributed by atoms with van der Waals surface area (Å²) in [5.41, 5.74) is 0.901. The lowest BCUT2D eigenvalue weighted by Gasteiger charge is -2.41. The number of nitrogens with one attached hydrogen (secondary N) is 1. The number of likely N-dealkylation sites (tertiary alicyclic amines) is 2. The molecule has 0 aliphatic carbocycles. The Morgan fingerprint density at radius 3 is 2.83 bits per heavy atom. The van der Waals surface area contributed by atoms with E-state index in [2.05, 4.69) is 30.2 Å². The summed E-state index contributed by atoms with van der Waals surface area (Å²) in [6, 6.07) is 6.34. The third-order valence-electron chi connectivity index (χ3n) is 6.24. The van der Waals surface area contributed by atoms with Crippen molar-refractivity contribution < 1.29 is 9.32 Å². The molecular weight excluding hydrogens is 380 g/mol.